The van der Waals surface area contributed by atoms with Gasteiger partial charge in [-0.25, -0.2) is 29.9 Å². The van der Waals surface area contributed by atoms with E-state index in [9.17, 15) is 15.0 Å². The van der Waals surface area contributed by atoms with Gasteiger partial charge in [0.1, 0.15) is 17.5 Å². The largest absolute Gasteiger partial charge is 0.388 e. The van der Waals surface area contributed by atoms with Crippen LogP contribution in [0.1, 0.15) is 78.5 Å². The molecule has 0 saturated heterocycles. The number of hydrogen-bond donors (Lipinski definition) is 5. The van der Waals surface area contributed by atoms with Gasteiger partial charge in [0.05, 0.1) is 81.6 Å². The summed E-state index contributed by atoms with van der Waals surface area (Å²) < 4.78 is 0. The molecule has 2 unspecified atom stereocenters. The normalized spacial score (nSPS) is 11.7. The number of aliphatic hydroxyl groups is 2. The molecule has 15 aromatic rings. The zero-order valence-electron chi connectivity index (χ0n) is 56.7. The first-order valence-electron chi connectivity index (χ1n) is 33.7. The Bertz CT molecular complexity index is 5090. The predicted molar refractivity (Wildman–Crippen MR) is 404 cm³/mol. The number of carbonyl (C=O) groups excluding carboxylic acids is 1. The number of hydrogen-bond acceptors (Lipinski definition) is 18. The van der Waals surface area contributed by atoms with Crippen LogP contribution in [0.25, 0.3) is 100 Å². The third kappa shape index (κ3) is 16.2. The fraction of sp³-hybridized carbons (Fsp3) is 0.131. The molecule has 0 fully saturated rings. The number of aromatic nitrogens is 12. The Morgan fingerprint density at radius 2 is 0.667 bits per heavy atom. The van der Waals surface area contributed by atoms with Crippen LogP contribution in [0.4, 0.5) is 17.5 Å². The van der Waals surface area contributed by atoms with Crippen molar-refractivity contribution in [1.29, 1.82) is 0 Å². The summed E-state index contributed by atoms with van der Waals surface area (Å²) in [5.41, 5.74) is 15.8. The molecule has 0 aliphatic carbocycles. The molecule has 15 rings (SSSR count). The number of nitrogens with one attached hydrogen (secondary N) is 3. The molecule has 0 bridgehead atoms. The molecule has 9 aromatic heterocycles. The summed E-state index contributed by atoms with van der Waals surface area (Å²) in [6.07, 6.45) is 15.0. The van der Waals surface area contributed by atoms with Gasteiger partial charge in [-0.15, -0.1) is 0 Å². The average Bonchev–Trinajstić information content (AvgIpc) is 0.783. The van der Waals surface area contributed by atoms with Crippen molar-refractivity contribution in [1.82, 2.24) is 59.8 Å². The quantitative estimate of drug-likeness (QED) is 0.0445. The first-order valence-corrected chi connectivity index (χ1v) is 33.7. The maximum absolute atomic E-state index is 11.2. The van der Waals surface area contributed by atoms with Crippen LogP contribution in [0.2, 0.25) is 0 Å². The molecule has 0 aliphatic rings. The van der Waals surface area contributed by atoms with Gasteiger partial charge in [-0.1, -0.05) is 173 Å². The minimum absolute atomic E-state index is 0.0774. The molecule has 18 heteroatoms. The fourth-order valence-corrected chi connectivity index (χ4v) is 11.8. The molecule has 9 heterocycles. The molecule has 0 saturated carbocycles. The highest BCUT2D eigenvalue weighted by Crippen LogP contribution is 2.39. The Morgan fingerprint density at radius 3 is 0.980 bits per heavy atom. The number of rotatable bonds is 20. The zero-order valence-corrected chi connectivity index (χ0v) is 56.7. The number of benzene rings is 6. The van der Waals surface area contributed by atoms with E-state index in [0.29, 0.717) is 54.1 Å². The number of nitrogens with zero attached hydrogens (tertiary/aromatic N) is 12. The Labute approximate surface area is 591 Å². The van der Waals surface area contributed by atoms with Crippen molar-refractivity contribution in [2.24, 2.45) is 11.8 Å². The van der Waals surface area contributed by atoms with Crippen molar-refractivity contribution in [2.45, 2.75) is 59.5 Å². The highest BCUT2D eigenvalue weighted by atomic mass is 16.3. The zero-order chi connectivity index (χ0) is 70.2. The Balaban J connectivity index is 0.000000137. The van der Waals surface area contributed by atoms with Gasteiger partial charge in [-0.3, -0.25) is 34.7 Å². The molecule has 5 N–H and O–H groups in total. The van der Waals surface area contributed by atoms with Crippen molar-refractivity contribution in [2.75, 3.05) is 16.0 Å². The molecule has 2 atom stereocenters. The molecule has 502 valence electrons. The number of anilines is 3. The van der Waals surface area contributed by atoms with Gasteiger partial charge in [0.25, 0.3) is 0 Å². The molecule has 6 aromatic carbocycles. The molecule has 0 radical (unpaired) electrons. The minimum Gasteiger partial charge on any atom is -0.388 e. The van der Waals surface area contributed by atoms with Crippen LogP contribution in [-0.4, -0.2) is 76.3 Å². The van der Waals surface area contributed by atoms with E-state index in [1.807, 2.05) is 185 Å². The van der Waals surface area contributed by atoms with E-state index in [0.717, 1.165) is 123 Å². The second-order valence-corrected chi connectivity index (χ2v) is 24.9. The van der Waals surface area contributed by atoms with Crippen LogP contribution in [-0.2, 0) is 19.6 Å². The van der Waals surface area contributed by atoms with Crippen molar-refractivity contribution in [3.8, 4) is 67.5 Å². The summed E-state index contributed by atoms with van der Waals surface area (Å²) in [6, 6.07) is 72.0. The van der Waals surface area contributed by atoms with Gasteiger partial charge in [-0.05, 0) is 129 Å². The molecular weight excluding hydrogens is 1270 g/mol. The van der Waals surface area contributed by atoms with Crippen LogP contribution in [0.15, 0.2) is 274 Å². The van der Waals surface area contributed by atoms with E-state index >= 15 is 0 Å². The monoisotopic (exact) mass is 1340 g/mol. The van der Waals surface area contributed by atoms with Crippen LogP contribution in [0.3, 0.4) is 0 Å². The first kappa shape index (κ1) is 67.8. The highest BCUT2D eigenvalue weighted by Gasteiger charge is 2.21. The van der Waals surface area contributed by atoms with E-state index in [1.54, 1.807) is 55.6 Å². The highest BCUT2D eigenvalue weighted by molar-refractivity contribution is 6.05. The maximum atomic E-state index is 11.2. The summed E-state index contributed by atoms with van der Waals surface area (Å²) in [7, 11) is 0. The number of pyridine rings is 6. The Hall–Kier alpha value is -12.8. The molecule has 18 nitrogen and oxygen atoms in total. The summed E-state index contributed by atoms with van der Waals surface area (Å²) >= 11 is 0. The standard InChI is InChI=1S/2C29H27N5O.C26H19N5O/c2*1-19(2)27(35)21-15-22(17-30-16-21)28-33-25-13-8-12-24(20-9-4-3-5-10-20)26(25)29(34-28)32-18-23-11-6-7-14-31-23;32-17-18-13-20(15-27-14-18)25-30-23-11-6-10-22(19-7-2-1-3-8-19)24(23)26(31-25)29-16-21-9-4-5-12-28-21/h2*3-17,19,27,35H,18H2,1-2H3,(H,32,33,34);1-15,17H,16H2,(H,29,30,31). The molecule has 102 heavy (non-hydrogen) atoms. The van der Waals surface area contributed by atoms with Crippen molar-refractivity contribution < 1.29 is 15.0 Å². The van der Waals surface area contributed by atoms with E-state index in [4.69, 9.17) is 29.9 Å². The van der Waals surface area contributed by atoms with Gasteiger partial charge in [-0.2, -0.15) is 0 Å². The number of carbonyl (C=O) groups is 1. The summed E-state index contributed by atoms with van der Waals surface area (Å²) in [5, 5.41) is 34.4. The predicted octanol–water partition coefficient (Wildman–Crippen LogP) is 17.3. The van der Waals surface area contributed by atoms with E-state index in [-0.39, 0.29) is 11.8 Å². The van der Waals surface area contributed by atoms with Gasteiger partial charge in [0.15, 0.2) is 23.8 Å². The Kier molecular flexibility index (Phi) is 21.4. The van der Waals surface area contributed by atoms with E-state index in [2.05, 4.69) is 100 Å². The summed E-state index contributed by atoms with van der Waals surface area (Å²) in [6.45, 7) is 9.49. The lowest BCUT2D eigenvalue weighted by Gasteiger charge is -2.16. The average molecular weight is 1340 g/mol. The topological polar surface area (TPSA) is 248 Å². The number of aliphatic hydroxyl groups excluding tert-OH is 2. The van der Waals surface area contributed by atoms with Crippen LogP contribution >= 0.6 is 0 Å². The molecule has 0 aliphatic heterocycles. The van der Waals surface area contributed by atoms with Crippen molar-refractivity contribution in [3.05, 3.63) is 308 Å². The minimum atomic E-state index is -0.602. The van der Waals surface area contributed by atoms with Crippen LogP contribution < -0.4 is 16.0 Å². The third-order valence-electron chi connectivity index (χ3n) is 17.0. The maximum Gasteiger partial charge on any atom is 0.163 e. The van der Waals surface area contributed by atoms with Gasteiger partial charge in [0.2, 0.25) is 0 Å². The molecule has 0 amide bonds. The van der Waals surface area contributed by atoms with Crippen LogP contribution in [0.5, 0.6) is 0 Å². The lowest BCUT2D eigenvalue weighted by molar-refractivity contribution is 0.112. The summed E-state index contributed by atoms with van der Waals surface area (Å²) in [4.78, 5) is 66.7. The second kappa shape index (κ2) is 32.3. The Morgan fingerprint density at radius 1 is 0.343 bits per heavy atom. The van der Waals surface area contributed by atoms with Gasteiger partial charge < -0.3 is 26.2 Å². The summed E-state index contributed by atoms with van der Waals surface area (Å²) in [5.74, 6) is 3.92. The van der Waals surface area contributed by atoms with E-state index < -0.39 is 12.2 Å². The van der Waals surface area contributed by atoms with Gasteiger partial charge in [0, 0.05) is 78.0 Å². The van der Waals surface area contributed by atoms with Crippen LogP contribution in [0, 0.1) is 11.8 Å². The fourth-order valence-electron chi connectivity index (χ4n) is 11.8. The number of aldehydes is 1. The van der Waals surface area contributed by atoms with E-state index in [1.165, 1.54) is 6.20 Å². The SMILES string of the molecule is CC(C)C(O)c1cncc(-c2nc(NCc3ccccn3)c3c(-c4ccccc4)cccc3n2)c1.CC(C)C(O)c1cncc(-c2nc(NCc3ccccn3)c3c(-c4ccccc4)cccc3n2)c1.O=Cc1cncc(-c2nc(NCc3ccccn3)c3c(-c4ccccc4)cccc3n2)c1. The van der Waals surface area contributed by atoms with Gasteiger partial charge >= 0.3 is 0 Å². The first-order chi connectivity index (χ1) is 50.0. The lowest BCUT2D eigenvalue weighted by atomic mass is 9.99. The van der Waals surface area contributed by atoms with Crippen molar-refractivity contribution >= 4 is 56.4 Å². The third-order valence-corrected chi connectivity index (χ3v) is 17.0. The molecule has 0 spiro atoms. The second-order valence-electron chi connectivity index (χ2n) is 24.9. The smallest absolute Gasteiger partial charge is 0.163 e. The lowest BCUT2D eigenvalue weighted by Crippen LogP contribution is -2.07. The number of fused-ring (bicyclic) bond motifs is 3. The van der Waals surface area contributed by atoms with Crippen molar-refractivity contribution in [3.63, 3.8) is 0 Å². The molecular formula is C84H73N15O3.